The van der Waals surface area contributed by atoms with E-state index in [0.717, 1.165) is 31.4 Å². The van der Waals surface area contributed by atoms with Gasteiger partial charge in [-0.25, -0.2) is 14.5 Å². The number of carboxylic acid groups (broad SMARTS) is 1. The summed E-state index contributed by atoms with van der Waals surface area (Å²) in [5.74, 6) is -0.316. The van der Waals surface area contributed by atoms with Crippen LogP contribution in [0.15, 0.2) is 54.6 Å². The minimum Gasteiger partial charge on any atom is -0.479 e. The minimum atomic E-state index is -0.920. The van der Waals surface area contributed by atoms with Gasteiger partial charge in [0.15, 0.2) is 6.10 Å². The van der Waals surface area contributed by atoms with E-state index in [1.165, 1.54) is 0 Å². The number of hydrogen-bond acceptors (Lipinski definition) is 4. The number of nitrogens with zero attached hydrogens (tertiary/aromatic N) is 1. The molecule has 1 unspecified atom stereocenters. The molecule has 34 heavy (non-hydrogen) atoms. The molecule has 1 amide bonds. The van der Waals surface area contributed by atoms with Gasteiger partial charge in [0, 0.05) is 5.02 Å². The van der Waals surface area contributed by atoms with Crippen molar-refractivity contribution in [3.05, 3.63) is 59.6 Å². The predicted octanol–water partition coefficient (Wildman–Crippen LogP) is 6.94. The normalized spacial score (nSPS) is 19.3. The average molecular weight is 488 g/mol. The van der Waals surface area contributed by atoms with Crippen LogP contribution in [0.25, 0.3) is 0 Å². The third-order valence-electron chi connectivity index (χ3n) is 6.20. The van der Waals surface area contributed by atoms with E-state index in [2.05, 4.69) is 0 Å². The van der Waals surface area contributed by atoms with Crippen LogP contribution >= 0.6 is 11.6 Å². The summed E-state index contributed by atoms with van der Waals surface area (Å²) >= 11 is 6.02. The van der Waals surface area contributed by atoms with Gasteiger partial charge in [0.05, 0.1) is 24.6 Å². The van der Waals surface area contributed by atoms with Crippen molar-refractivity contribution in [3.63, 3.8) is 0 Å². The molecule has 1 aliphatic carbocycles. The van der Waals surface area contributed by atoms with E-state index in [-0.39, 0.29) is 5.92 Å². The van der Waals surface area contributed by atoms with Crippen molar-refractivity contribution in [3.8, 4) is 0 Å². The maximum Gasteiger partial charge on any atom is 0.418 e. The maximum absolute atomic E-state index is 13.1. The predicted molar refractivity (Wildman–Crippen MR) is 134 cm³/mol. The highest BCUT2D eigenvalue weighted by molar-refractivity contribution is 6.30. The fraction of sp³-hybridized carbons (Fsp3) is 0.481. The molecule has 0 saturated heterocycles. The Kier molecular flexibility index (Phi) is 8.97. The number of aliphatic carboxylic acids is 1. The Morgan fingerprint density at radius 3 is 2.00 bits per heavy atom. The number of rotatable bonds is 8. The van der Waals surface area contributed by atoms with Crippen LogP contribution in [-0.4, -0.2) is 36.5 Å². The molecular weight excluding hydrogens is 454 g/mol. The van der Waals surface area contributed by atoms with Gasteiger partial charge in [-0.1, -0.05) is 50.6 Å². The number of hydrogen-bond donors (Lipinski definition) is 1. The molecule has 1 atom stereocenters. The van der Waals surface area contributed by atoms with Gasteiger partial charge in [-0.2, -0.15) is 0 Å². The molecule has 0 radical (unpaired) electrons. The molecule has 184 valence electrons. The van der Waals surface area contributed by atoms with Crippen molar-refractivity contribution in [2.45, 2.75) is 52.6 Å². The first-order valence-corrected chi connectivity index (χ1v) is 12.1. The molecule has 1 saturated carbocycles. The molecule has 0 aliphatic heterocycles. The Bertz CT molecular complexity index is 934. The number of carbonyl (C=O) groups is 2. The zero-order chi connectivity index (χ0) is 24.7. The summed E-state index contributed by atoms with van der Waals surface area (Å²) in [6.45, 7) is 6.42. The second kappa shape index (κ2) is 11.7. The van der Waals surface area contributed by atoms with Crippen LogP contribution in [0.3, 0.4) is 0 Å². The number of amides is 1. The largest absolute Gasteiger partial charge is 0.479 e. The third kappa shape index (κ3) is 7.21. The van der Waals surface area contributed by atoms with Crippen LogP contribution in [-0.2, 0) is 14.3 Å². The molecule has 6 nitrogen and oxygen atoms in total. The summed E-state index contributed by atoms with van der Waals surface area (Å²) in [5, 5.41) is 10.0. The summed E-state index contributed by atoms with van der Waals surface area (Å²) in [4.78, 5) is 26.1. The topological polar surface area (TPSA) is 76.1 Å². The first-order valence-electron chi connectivity index (χ1n) is 11.8. The Morgan fingerprint density at radius 2 is 1.47 bits per heavy atom. The van der Waals surface area contributed by atoms with Gasteiger partial charge in [-0.15, -0.1) is 0 Å². The van der Waals surface area contributed by atoms with E-state index in [9.17, 15) is 14.7 Å². The standard InChI is InChI=1S/C27H34ClNO5/c1-27(2,3)24(25(30)31)33-17-19-9-11-20(12-10-19)18-34-26(32)29(22-7-5-4-6-8-22)23-15-13-21(28)14-16-23/h4-8,13-16,19-20,24H,9-12,17-18H2,1-3H3,(H,30,31)/t19-,20-,24?. The van der Waals surface area contributed by atoms with Crippen molar-refractivity contribution in [2.75, 3.05) is 18.1 Å². The SMILES string of the molecule is CC(C)(C)C(OC[C@H]1CC[C@H](COC(=O)N(c2ccccc2)c2ccc(Cl)cc2)CC1)C(=O)O. The molecule has 3 rings (SSSR count). The molecule has 1 aliphatic rings. The number of anilines is 2. The van der Waals surface area contributed by atoms with Crippen LogP contribution in [0, 0.1) is 17.3 Å². The summed E-state index contributed by atoms with van der Waals surface area (Å²) in [5.41, 5.74) is 0.960. The molecule has 7 heteroatoms. The van der Waals surface area contributed by atoms with E-state index in [4.69, 9.17) is 21.1 Å². The van der Waals surface area contributed by atoms with E-state index in [1.54, 1.807) is 29.2 Å². The summed E-state index contributed by atoms with van der Waals surface area (Å²) in [6.07, 6.45) is 2.45. The first kappa shape index (κ1) is 26.0. The Balaban J connectivity index is 1.52. The van der Waals surface area contributed by atoms with Gasteiger partial charge in [0.1, 0.15) is 0 Å². The third-order valence-corrected chi connectivity index (χ3v) is 6.45. The lowest BCUT2D eigenvalue weighted by molar-refractivity contribution is -0.159. The lowest BCUT2D eigenvalue weighted by atomic mass is 9.82. The number of carbonyl (C=O) groups excluding carboxylic acids is 1. The van der Waals surface area contributed by atoms with Crippen molar-refractivity contribution in [1.82, 2.24) is 0 Å². The smallest absolute Gasteiger partial charge is 0.418 e. The highest BCUT2D eigenvalue weighted by atomic mass is 35.5. The maximum atomic E-state index is 13.1. The average Bonchev–Trinajstić information content (AvgIpc) is 2.80. The van der Waals surface area contributed by atoms with Crippen molar-refractivity contribution < 1.29 is 24.2 Å². The molecule has 1 fully saturated rings. The molecular formula is C27H34ClNO5. The van der Waals surface area contributed by atoms with E-state index < -0.39 is 23.6 Å². The summed E-state index contributed by atoms with van der Waals surface area (Å²) < 4.78 is 11.5. The van der Waals surface area contributed by atoms with Crippen LogP contribution in [0.2, 0.25) is 5.02 Å². The van der Waals surface area contributed by atoms with Crippen LogP contribution in [0.1, 0.15) is 46.5 Å². The molecule has 2 aromatic rings. The van der Waals surface area contributed by atoms with Gasteiger partial charge in [0.25, 0.3) is 0 Å². The first-order chi connectivity index (χ1) is 16.1. The Morgan fingerprint density at radius 1 is 0.941 bits per heavy atom. The molecule has 1 N–H and O–H groups in total. The van der Waals surface area contributed by atoms with Gasteiger partial charge >= 0.3 is 12.1 Å². The van der Waals surface area contributed by atoms with Crippen LogP contribution < -0.4 is 4.90 Å². The van der Waals surface area contributed by atoms with Crippen LogP contribution in [0.5, 0.6) is 0 Å². The molecule has 0 aromatic heterocycles. The quantitative estimate of drug-likeness (QED) is 0.436. The Hall–Kier alpha value is -2.57. The van der Waals surface area contributed by atoms with Crippen molar-refractivity contribution >= 4 is 35.0 Å². The molecule has 0 bridgehead atoms. The van der Waals surface area contributed by atoms with Gasteiger partial charge in [-0.3, -0.25) is 0 Å². The number of halogens is 1. The van der Waals surface area contributed by atoms with E-state index in [1.807, 2.05) is 51.1 Å². The lowest BCUT2D eigenvalue weighted by Crippen LogP contribution is -2.38. The summed E-state index contributed by atoms with van der Waals surface area (Å²) in [7, 11) is 0. The number of para-hydroxylation sites is 1. The van der Waals surface area contributed by atoms with E-state index >= 15 is 0 Å². The second-order valence-corrected chi connectivity index (χ2v) is 10.5. The monoisotopic (exact) mass is 487 g/mol. The lowest BCUT2D eigenvalue weighted by Gasteiger charge is -2.32. The fourth-order valence-corrected chi connectivity index (χ4v) is 4.40. The zero-order valence-electron chi connectivity index (χ0n) is 20.1. The second-order valence-electron chi connectivity index (χ2n) is 10.0. The van der Waals surface area contributed by atoms with Crippen molar-refractivity contribution in [2.24, 2.45) is 17.3 Å². The van der Waals surface area contributed by atoms with Crippen LogP contribution in [0.4, 0.5) is 16.2 Å². The van der Waals surface area contributed by atoms with Crippen molar-refractivity contribution in [1.29, 1.82) is 0 Å². The zero-order valence-corrected chi connectivity index (χ0v) is 20.8. The Labute approximate surface area is 206 Å². The highest BCUT2D eigenvalue weighted by Gasteiger charge is 2.33. The molecule has 0 spiro atoms. The number of ether oxygens (including phenoxy) is 2. The number of benzene rings is 2. The number of carboxylic acids is 1. The minimum absolute atomic E-state index is 0.279. The molecule has 0 heterocycles. The van der Waals surface area contributed by atoms with Gasteiger partial charge in [-0.05, 0) is 79.3 Å². The van der Waals surface area contributed by atoms with E-state index in [0.29, 0.717) is 29.8 Å². The van der Waals surface area contributed by atoms with Gasteiger partial charge < -0.3 is 14.6 Å². The van der Waals surface area contributed by atoms with Gasteiger partial charge in [0.2, 0.25) is 0 Å². The fourth-order valence-electron chi connectivity index (χ4n) is 4.27. The molecule has 2 aromatic carbocycles. The highest BCUT2D eigenvalue weighted by Crippen LogP contribution is 2.32. The summed E-state index contributed by atoms with van der Waals surface area (Å²) in [6, 6.07) is 16.5.